The van der Waals surface area contributed by atoms with E-state index in [4.69, 9.17) is 0 Å². The van der Waals surface area contributed by atoms with Gasteiger partial charge in [-0.2, -0.15) is 0 Å². The molecule has 1 rings (SSSR count). The summed E-state index contributed by atoms with van der Waals surface area (Å²) in [6.45, 7) is 3.66. The molecule has 0 heterocycles. The Morgan fingerprint density at radius 3 is 2.86 bits per heavy atom. The molecule has 1 aromatic carbocycles. The number of halogens is 1. The van der Waals surface area contributed by atoms with Gasteiger partial charge in [-0.05, 0) is 25.5 Å². The molecule has 0 saturated heterocycles. The van der Waals surface area contributed by atoms with Gasteiger partial charge in [-0.1, -0.05) is 34.0 Å². The van der Waals surface area contributed by atoms with Gasteiger partial charge in [0.2, 0.25) is 0 Å². The fraction of sp³-hybridized carbons (Fsp3) is 0.250. The maximum absolute atomic E-state index is 11.7. The van der Waals surface area contributed by atoms with Crippen molar-refractivity contribution in [2.75, 3.05) is 0 Å². The predicted octanol–water partition coefficient (Wildman–Crippen LogP) is 3.35. The smallest absolute Gasteiger partial charge is 0.175 e. The topological polar surface area (TPSA) is 17.1 Å². The molecule has 0 radical (unpaired) electrons. The van der Waals surface area contributed by atoms with Crippen LogP contribution in [-0.4, -0.2) is 5.78 Å². The summed E-state index contributed by atoms with van der Waals surface area (Å²) in [5.41, 5.74) is 1.73. The second kappa shape index (κ2) is 4.97. The largest absolute Gasteiger partial charge is 0.293 e. The number of carbonyl (C=O) groups is 1. The van der Waals surface area contributed by atoms with E-state index in [2.05, 4.69) is 27.8 Å². The van der Waals surface area contributed by atoms with E-state index in [1.54, 1.807) is 6.92 Å². The summed E-state index contributed by atoms with van der Waals surface area (Å²) in [4.78, 5) is 11.7. The van der Waals surface area contributed by atoms with Crippen LogP contribution in [0.3, 0.4) is 0 Å². The lowest BCUT2D eigenvalue weighted by Crippen LogP contribution is -2.00. The average molecular weight is 251 g/mol. The van der Waals surface area contributed by atoms with Crippen LogP contribution in [0.1, 0.15) is 29.3 Å². The fourth-order valence-corrected chi connectivity index (χ4v) is 1.54. The number of Topliss-reactive ketones (excluding diaryl/α,β-unsaturated/α-hetero) is 1. The first kappa shape index (κ1) is 11.0. The first-order valence-electron chi connectivity index (χ1n) is 4.34. The van der Waals surface area contributed by atoms with Crippen molar-refractivity contribution in [1.82, 2.24) is 0 Å². The summed E-state index contributed by atoms with van der Waals surface area (Å²) >= 11 is 3.39. The van der Waals surface area contributed by atoms with Crippen LogP contribution >= 0.6 is 15.9 Å². The molecule has 0 aliphatic carbocycles. The maximum atomic E-state index is 11.7. The van der Waals surface area contributed by atoms with E-state index >= 15 is 0 Å². The van der Waals surface area contributed by atoms with Crippen LogP contribution in [0.5, 0.6) is 0 Å². The predicted molar refractivity (Wildman–Crippen MR) is 61.3 cm³/mol. The van der Waals surface area contributed by atoms with E-state index in [-0.39, 0.29) is 5.78 Å². The molecule has 0 aromatic heterocycles. The van der Waals surface area contributed by atoms with Crippen LogP contribution in [0.2, 0.25) is 0 Å². The molecule has 0 saturated carbocycles. The third-order valence-corrected chi connectivity index (χ3v) is 2.85. The van der Waals surface area contributed by atoms with E-state index in [0.29, 0.717) is 6.42 Å². The van der Waals surface area contributed by atoms with Gasteiger partial charge >= 0.3 is 0 Å². The highest BCUT2D eigenvalue weighted by atomic mass is 79.9. The summed E-state index contributed by atoms with van der Waals surface area (Å²) in [5, 5.41) is 0. The Morgan fingerprint density at radius 1 is 1.50 bits per heavy atom. The summed E-state index contributed by atoms with van der Waals surface area (Å²) in [6.07, 6.45) is 0.299. The molecular weight excluding hydrogens is 240 g/mol. The Bertz CT molecular complexity index is 410. The second-order valence-corrected chi connectivity index (χ2v) is 3.79. The molecule has 14 heavy (non-hydrogen) atoms. The van der Waals surface area contributed by atoms with Crippen LogP contribution in [0.25, 0.3) is 0 Å². The van der Waals surface area contributed by atoms with Crippen LogP contribution in [0.4, 0.5) is 0 Å². The van der Waals surface area contributed by atoms with E-state index < -0.39 is 0 Å². The van der Waals surface area contributed by atoms with Gasteiger partial charge in [0.15, 0.2) is 5.78 Å². The molecule has 2 heteroatoms. The number of hydrogen-bond donors (Lipinski definition) is 0. The molecule has 1 aromatic rings. The van der Waals surface area contributed by atoms with Crippen LogP contribution in [-0.2, 0) is 0 Å². The minimum Gasteiger partial charge on any atom is -0.293 e. The van der Waals surface area contributed by atoms with E-state index in [9.17, 15) is 4.79 Å². The van der Waals surface area contributed by atoms with Crippen molar-refractivity contribution in [2.45, 2.75) is 20.3 Å². The zero-order chi connectivity index (χ0) is 10.6. The molecule has 0 aliphatic rings. The minimum absolute atomic E-state index is 0.0816. The minimum atomic E-state index is 0.0816. The molecule has 0 fully saturated rings. The Hall–Kier alpha value is -1.07. The van der Waals surface area contributed by atoms with E-state index in [0.717, 1.165) is 15.6 Å². The lowest BCUT2D eigenvalue weighted by atomic mass is 10.0. The monoisotopic (exact) mass is 250 g/mol. The quantitative estimate of drug-likeness (QED) is 0.581. The lowest BCUT2D eigenvalue weighted by Gasteiger charge is -2.03. The van der Waals surface area contributed by atoms with Gasteiger partial charge in [-0.3, -0.25) is 4.79 Å². The molecule has 0 aliphatic heterocycles. The Morgan fingerprint density at radius 2 is 2.21 bits per heavy atom. The molecule has 72 valence electrons. The summed E-state index contributed by atoms with van der Waals surface area (Å²) in [6, 6.07) is 5.63. The number of carbonyl (C=O) groups excluding carboxylic acids is 1. The van der Waals surface area contributed by atoms with E-state index in [1.165, 1.54) is 0 Å². The standard InChI is InChI=1S/C12H11BrO/c1-3-4-8-12(14)10-6-5-7-11(13)9(10)2/h5-7H,8H2,1-2H3. The molecule has 1 nitrogen and oxygen atoms in total. The lowest BCUT2D eigenvalue weighted by molar-refractivity contribution is 0.0997. The molecule has 0 atom stereocenters. The van der Waals surface area contributed by atoms with Crippen molar-refractivity contribution in [3.05, 3.63) is 33.8 Å². The average Bonchev–Trinajstić information content (AvgIpc) is 2.18. The summed E-state index contributed by atoms with van der Waals surface area (Å²) in [5.74, 6) is 5.58. The Kier molecular flexibility index (Phi) is 3.91. The number of rotatable bonds is 2. The summed E-state index contributed by atoms with van der Waals surface area (Å²) in [7, 11) is 0. The van der Waals surface area contributed by atoms with Crippen molar-refractivity contribution < 1.29 is 4.79 Å². The number of ketones is 1. The number of benzene rings is 1. The van der Waals surface area contributed by atoms with Crippen molar-refractivity contribution >= 4 is 21.7 Å². The first-order chi connectivity index (χ1) is 6.66. The molecule has 0 spiro atoms. The van der Waals surface area contributed by atoms with Crippen molar-refractivity contribution in [3.8, 4) is 11.8 Å². The Labute approximate surface area is 92.6 Å². The van der Waals surface area contributed by atoms with Crippen LogP contribution in [0, 0.1) is 18.8 Å². The van der Waals surface area contributed by atoms with Crippen molar-refractivity contribution in [1.29, 1.82) is 0 Å². The molecule has 0 bridgehead atoms. The van der Waals surface area contributed by atoms with Gasteiger partial charge in [0.25, 0.3) is 0 Å². The van der Waals surface area contributed by atoms with Gasteiger partial charge in [0.1, 0.15) is 0 Å². The second-order valence-electron chi connectivity index (χ2n) is 2.94. The van der Waals surface area contributed by atoms with Crippen molar-refractivity contribution in [3.63, 3.8) is 0 Å². The number of hydrogen-bond acceptors (Lipinski definition) is 1. The zero-order valence-electron chi connectivity index (χ0n) is 8.23. The normalized spacial score (nSPS) is 9.07. The SMILES string of the molecule is CC#CCC(=O)c1cccc(Br)c1C. The third kappa shape index (κ3) is 2.46. The highest BCUT2D eigenvalue weighted by molar-refractivity contribution is 9.10. The van der Waals surface area contributed by atoms with Gasteiger partial charge in [-0.25, -0.2) is 0 Å². The van der Waals surface area contributed by atoms with Gasteiger partial charge in [0.05, 0.1) is 6.42 Å². The van der Waals surface area contributed by atoms with Crippen LogP contribution < -0.4 is 0 Å². The molecule has 0 unspecified atom stereocenters. The molecular formula is C12H11BrO. The van der Waals surface area contributed by atoms with Crippen LogP contribution in [0.15, 0.2) is 22.7 Å². The molecule has 0 N–H and O–H groups in total. The molecule has 0 amide bonds. The highest BCUT2D eigenvalue weighted by Crippen LogP contribution is 2.20. The fourth-order valence-electron chi connectivity index (χ4n) is 1.17. The van der Waals surface area contributed by atoms with Gasteiger partial charge in [0, 0.05) is 10.0 Å². The maximum Gasteiger partial charge on any atom is 0.175 e. The van der Waals surface area contributed by atoms with E-state index in [1.807, 2.05) is 25.1 Å². The highest BCUT2D eigenvalue weighted by Gasteiger charge is 2.08. The Balaban J connectivity index is 2.99. The first-order valence-corrected chi connectivity index (χ1v) is 5.14. The van der Waals surface area contributed by atoms with Gasteiger partial charge < -0.3 is 0 Å². The van der Waals surface area contributed by atoms with Crippen molar-refractivity contribution in [2.24, 2.45) is 0 Å². The van der Waals surface area contributed by atoms with Gasteiger partial charge in [-0.15, -0.1) is 5.92 Å². The third-order valence-electron chi connectivity index (χ3n) is 1.99. The zero-order valence-corrected chi connectivity index (χ0v) is 9.81. The summed E-state index contributed by atoms with van der Waals surface area (Å²) < 4.78 is 0.966.